The van der Waals surface area contributed by atoms with Gasteiger partial charge in [-0.25, -0.2) is 0 Å². The molecule has 6 nitrogen and oxygen atoms in total. The van der Waals surface area contributed by atoms with E-state index in [9.17, 15) is 9.59 Å². The van der Waals surface area contributed by atoms with Crippen molar-refractivity contribution >= 4 is 23.2 Å². The van der Waals surface area contributed by atoms with Gasteiger partial charge in [-0.15, -0.1) is 0 Å². The number of carbonyl (C=O) groups is 2. The van der Waals surface area contributed by atoms with E-state index in [2.05, 4.69) is 10.2 Å². The molecule has 3 aromatic carbocycles. The fraction of sp³-hybridized carbons (Fsp3) is 0.200. The van der Waals surface area contributed by atoms with Gasteiger partial charge in [-0.05, 0) is 66.1 Å². The number of nitrogens with two attached hydrogens (primary N) is 1. The molecule has 1 heterocycles. The topological polar surface area (TPSA) is 84.7 Å². The molecule has 0 bridgehead atoms. The number of primary amides is 1. The highest BCUT2D eigenvalue weighted by Crippen LogP contribution is 2.27. The first kappa shape index (κ1) is 20.6. The van der Waals surface area contributed by atoms with Gasteiger partial charge in [-0.3, -0.25) is 9.59 Å². The minimum absolute atomic E-state index is 0.190. The summed E-state index contributed by atoms with van der Waals surface area (Å²) in [7, 11) is 0. The van der Waals surface area contributed by atoms with Gasteiger partial charge in [0.05, 0.1) is 13.2 Å². The Labute approximate surface area is 181 Å². The predicted molar refractivity (Wildman–Crippen MR) is 123 cm³/mol. The molecule has 0 unspecified atom stereocenters. The molecule has 0 saturated carbocycles. The Kier molecular flexibility index (Phi) is 6.00. The van der Waals surface area contributed by atoms with Crippen LogP contribution >= 0.6 is 0 Å². The van der Waals surface area contributed by atoms with Gasteiger partial charge in [0.25, 0.3) is 5.91 Å². The Hall–Kier alpha value is -3.64. The molecule has 2 amide bonds. The number of nitrogens with zero attached hydrogens (tertiary/aromatic N) is 1. The molecule has 0 atom stereocenters. The van der Waals surface area contributed by atoms with Crippen molar-refractivity contribution in [1.82, 2.24) is 0 Å². The van der Waals surface area contributed by atoms with Gasteiger partial charge in [0.1, 0.15) is 0 Å². The molecule has 31 heavy (non-hydrogen) atoms. The Balaban J connectivity index is 1.51. The van der Waals surface area contributed by atoms with Crippen molar-refractivity contribution in [1.29, 1.82) is 0 Å². The van der Waals surface area contributed by atoms with Gasteiger partial charge in [0.2, 0.25) is 5.91 Å². The summed E-state index contributed by atoms with van der Waals surface area (Å²) in [5.74, 6) is -0.654. The standard InChI is InChI=1S/C25H25N3O3/c1-17-22(6-3-7-23(17)24(26)29)18-4-2-5-19(16-18)25(30)27-20-8-10-21(11-9-20)28-12-14-31-15-13-28/h2-11,16H,12-15H2,1H3,(H2,26,29)(H,27,30). The molecular formula is C25H25N3O3. The number of rotatable bonds is 5. The minimum Gasteiger partial charge on any atom is -0.378 e. The van der Waals surface area contributed by atoms with Crippen molar-refractivity contribution in [2.45, 2.75) is 6.92 Å². The molecule has 0 aromatic heterocycles. The number of anilines is 2. The van der Waals surface area contributed by atoms with E-state index in [1.165, 1.54) is 0 Å². The van der Waals surface area contributed by atoms with Crippen LogP contribution in [-0.4, -0.2) is 38.1 Å². The van der Waals surface area contributed by atoms with Crippen LogP contribution in [0.2, 0.25) is 0 Å². The normalized spacial score (nSPS) is 13.6. The van der Waals surface area contributed by atoms with Gasteiger partial charge < -0.3 is 20.7 Å². The van der Waals surface area contributed by atoms with Crippen LogP contribution in [0.5, 0.6) is 0 Å². The van der Waals surface area contributed by atoms with Crippen LogP contribution in [0, 0.1) is 6.92 Å². The molecule has 6 heteroatoms. The maximum atomic E-state index is 12.8. The largest absolute Gasteiger partial charge is 0.378 e. The van der Waals surface area contributed by atoms with Crippen LogP contribution in [0.25, 0.3) is 11.1 Å². The van der Waals surface area contributed by atoms with Gasteiger partial charge in [0, 0.05) is 35.6 Å². The maximum Gasteiger partial charge on any atom is 0.255 e. The zero-order chi connectivity index (χ0) is 21.8. The van der Waals surface area contributed by atoms with E-state index >= 15 is 0 Å². The number of morpholine rings is 1. The van der Waals surface area contributed by atoms with Crippen molar-refractivity contribution < 1.29 is 14.3 Å². The monoisotopic (exact) mass is 415 g/mol. The van der Waals surface area contributed by atoms with Crippen LogP contribution in [0.15, 0.2) is 66.7 Å². The first-order chi connectivity index (χ1) is 15.0. The number of hydrogen-bond donors (Lipinski definition) is 2. The number of amides is 2. The summed E-state index contributed by atoms with van der Waals surface area (Å²) in [6.07, 6.45) is 0. The maximum absolute atomic E-state index is 12.8. The first-order valence-corrected chi connectivity index (χ1v) is 10.3. The summed E-state index contributed by atoms with van der Waals surface area (Å²) < 4.78 is 5.39. The molecule has 1 saturated heterocycles. The average Bonchev–Trinajstić information content (AvgIpc) is 2.80. The predicted octanol–water partition coefficient (Wildman–Crippen LogP) is 3.85. The fourth-order valence-corrected chi connectivity index (χ4v) is 3.82. The van der Waals surface area contributed by atoms with E-state index in [1.54, 1.807) is 18.2 Å². The number of nitrogens with one attached hydrogen (secondary N) is 1. The smallest absolute Gasteiger partial charge is 0.255 e. The third-order valence-electron chi connectivity index (χ3n) is 5.54. The third-order valence-corrected chi connectivity index (χ3v) is 5.54. The summed E-state index contributed by atoms with van der Waals surface area (Å²) >= 11 is 0. The zero-order valence-electron chi connectivity index (χ0n) is 17.4. The van der Waals surface area contributed by atoms with Gasteiger partial charge in [-0.1, -0.05) is 24.3 Å². The van der Waals surface area contributed by atoms with Crippen LogP contribution < -0.4 is 16.0 Å². The summed E-state index contributed by atoms with van der Waals surface area (Å²) in [5, 5.41) is 2.96. The fourth-order valence-electron chi connectivity index (χ4n) is 3.82. The second-order valence-electron chi connectivity index (χ2n) is 7.52. The lowest BCUT2D eigenvalue weighted by atomic mass is 9.95. The van der Waals surface area contributed by atoms with E-state index in [0.717, 1.165) is 54.4 Å². The summed E-state index contributed by atoms with van der Waals surface area (Å²) in [6, 6.07) is 20.6. The van der Waals surface area contributed by atoms with Crippen LogP contribution in [0.4, 0.5) is 11.4 Å². The Morgan fingerprint density at radius 2 is 1.68 bits per heavy atom. The molecule has 0 radical (unpaired) electrons. The third kappa shape index (κ3) is 4.59. The van der Waals surface area contributed by atoms with Crippen molar-refractivity contribution in [3.63, 3.8) is 0 Å². The van der Waals surface area contributed by atoms with Gasteiger partial charge in [-0.2, -0.15) is 0 Å². The molecule has 0 aliphatic carbocycles. The van der Waals surface area contributed by atoms with Crippen LogP contribution in [-0.2, 0) is 4.74 Å². The van der Waals surface area contributed by atoms with Crippen LogP contribution in [0.1, 0.15) is 26.3 Å². The second-order valence-corrected chi connectivity index (χ2v) is 7.52. The Morgan fingerprint density at radius 1 is 0.968 bits per heavy atom. The SMILES string of the molecule is Cc1c(C(N)=O)cccc1-c1cccc(C(=O)Nc2ccc(N3CCOCC3)cc2)c1. The highest BCUT2D eigenvalue weighted by Gasteiger charge is 2.14. The number of hydrogen-bond acceptors (Lipinski definition) is 4. The number of ether oxygens (including phenoxy) is 1. The first-order valence-electron chi connectivity index (χ1n) is 10.3. The lowest BCUT2D eigenvalue weighted by molar-refractivity contribution is 0.0997. The zero-order valence-corrected chi connectivity index (χ0v) is 17.4. The quantitative estimate of drug-likeness (QED) is 0.663. The molecule has 0 spiro atoms. The highest BCUT2D eigenvalue weighted by atomic mass is 16.5. The molecule has 3 N–H and O–H groups in total. The number of carbonyl (C=O) groups excluding carboxylic acids is 2. The average molecular weight is 415 g/mol. The summed E-state index contributed by atoms with van der Waals surface area (Å²) in [4.78, 5) is 26.8. The lowest BCUT2D eigenvalue weighted by Crippen LogP contribution is -2.36. The van der Waals surface area contributed by atoms with E-state index in [4.69, 9.17) is 10.5 Å². The molecule has 158 valence electrons. The molecule has 1 aliphatic heterocycles. The molecular weight excluding hydrogens is 390 g/mol. The van der Waals surface area contributed by atoms with E-state index in [-0.39, 0.29) is 5.91 Å². The molecule has 1 aliphatic rings. The van der Waals surface area contributed by atoms with Crippen molar-refractivity contribution in [3.05, 3.63) is 83.4 Å². The molecule has 3 aromatic rings. The van der Waals surface area contributed by atoms with E-state index in [1.807, 2.05) is 55.5 Å². The highest BCUT2D eigenvalue weighted by molar-refractivity contribution is 6.05. The lowest BCUT2D eigenvalue weighted by Gasteiger charge is -2.28. The Bertz CT molecular complexity index is 1100. The van der Waals surface area contributed by atoms with Crippen LogP contribution in [0.3, 0.4) is 0 Å². The number of benzene rings is 3. The minimum atomic E-state index is -0.464. The van der Waals surface area contributed by atoms with Crippen molar-refractivity contribution in [2.24, 2.45) is 5.73 Å². The van der Waals surface area contributed by atoms with E-state index < -0.39 is 5.91 Å². The van der Waals surface area contributed by atoms with Gasteiger partial charge >= 0.3 is 0 Å². The van der Waals surface area contributed by atoms with Crippen molar-refractivity contribution in [2.75, 3.05) is 36.5 Å². The second kappa shape index (κ2) is 9.02. The Morgan fingerprint density at radius 3 is 2.39 bits per heavy atom. The molecule has 4 rings (SSSR count). The summed E-state index contributed by atoms with van der Waals surface area (Å²) in [6.45, 7) is 5.06. The summed E-state index contributed by atoms with van der Waals surface area (Å²) in [5.41, 5.74) is 10.9. The van der Waals surface area contributed by atoms with Crippen molar-refractivity contribution in [3.8, 4) is 11.1 Å². The molecule has 1 fully saturated rings. The van der Waals surface area contributed by atoms with E-state index in [0.29, 0.717) is 11.1 Å². The van der Waals surface area contributed by atoms with Gasteiger partial charge in [0.15, 0.2) is 0 Å².